The maximum atomic E-state index is 13.4. The third-order valence-corrected chi connectivity index (χ3v) is 4.83. The van der Waals surface area contributed by atoms with Gasteiger partial charge in [0.15, 0.2) is 0 Å². The molecule has 152 valence electrons. The van der Waals surface area contributed by atoms with E-state index in [0.29, 0.717) is 5.69 Å². The molecule has 0 fully saturated rings. The number of H-pyrrole nitrogens is 2. The summed E-state index contributed by atoms with van der Waals surface area (Å²) >= 11 is 0. The molecule has 0 bridgehead atoms. The molecule has 0 radical (unpaired) electrons. The first-order chi connectivity index (χ1) is 15.2. The molecule has 7 nitrogen and oxygen atoms in total. The van der Waals surface area contributed by atoms with Gasteiger partial charge in [-0.15, -0.1) is 0 Å². The van der Waals surface area contributed by atoms with Gasteiger partial charge >= 0.3 is 0 Å². The van der Waals surface area contributed by atoms with E-state index < -0.39 is 5.82 Å². The highest BCUT2D eigenvalue weighted by atomic mass is 19.1. The molecule has 0 aliphatic carbocycles. The Morgan fingerprint density at radius 3 is 2.61 bits per heavy atom. The minimum absolute atomic E-state index is 0.261. The van der Waals surface area contributed by atoms with Crippen molar-refractivity contribution in [3.05, 3.63) is 90.5 Å². The Balaban J connectivity index is 1.34. The molecule has 1 amide bonds. The van der Waals surface area contributed by atoms with Crippen molar-refractivity contribution in [1.29, 1.82) is 0 Å². The maximum Gasteiger partial charge on any atom is 0.255 e. The minimum Gasteiger partial charge on any atom is -0.355 e. The van der Waals surface area contributed by atoms with Gasteiger partial charge in [0.25, 0.3) is 5.91 Å². The minimum atomic E-state index is -0.451. The van der Waals surface area contributed by atoms with Crippen LogP contribution in [0.1, 0.15) is 10.4 Å². The smallest absolute Gasteiger partial charge is 0.255 e. The van der Waals surface area contributed by atoms with Gasteiger partial charge in [-0.2, -0.15) is 10.2 Å². The molecule has 0 atom stereocenters. The monoisotopic (exact) mass is 412 g/mol. The number of aromatic amines is 2. The number of nitrogens with one attached hydrogen (secondary N) is 4. The van der Waals surface area contributed by atoms with Crippen molar-refractivity contribution in [2.45, 2.75) is 0 Å². The molecule has 0 aliphatic heterocycles. The number of nitrogens with zero attached hydrogens (tertiary/aromatic N) is 2. The fourth-order valence-electron chi connectivity index (χ4n) is 3.37. The van der Waals surface area contributed by atoms with Crippen LogP contribution in [0.15, 0.2) is 79.1 Å². The van der Waals surface area contributed by atoms with Crippen LogP contribution < -0.4 is 10.6 Å². The van der Waals surface area contributed by atoms with Crippen LogP contribution in [0.2, 0.25) is 0 Å². The Hall–Kier alpha value is -4.46. The number of carbonyl (C=O) groups excluding carboxylic acids is 1. The van der Waals surface area contributed by atoms with Gasteiger partial charge in [0.1, 0.15) is 11.5 Å². The maximum absolute atomic E-state index is 13.4. The molecular formula is C23H17FN6O. The quantitative estimate of drug-likeness (QED) is 0.323. The van der Waals surface area contributed by atoms with Crippen molar-refractivity contribution in [2.75, 3.05) is 10.6 Å². The lowest BCUT2D eigenvalue weighted by Gasteiger charge is -2.10. The van der Waals surface area contributed by atoms with Gasteiger partial charge in [-0.3, -0.25) is 15.0 Å². The van der Waals surface area contributed by atoms with Gasteiger partial charge in [-0.05, 0) is 54.6 Å². The predicted octanol–water partition coefficient (Wildman–Crippen LogP) is 5.09. The van der Waals surface area contributed by atoms with E-state index >= 15 is 0 Å². The number of fused-ring (bicyclic) bond motifs is 1. The third kappa shape index (κ3) is 3.86. The van der Waals surface area contributed by atoms with E-state index in [4.69, 9.17) is 0 Å². The number of aromatic nitrogens is 4. The molecule has 0 saturated carbocycles. The summed E-state index contributed by atoms with van der Waals surface area (Å²) < 4.78 is 13.4. The van der Waals surface area contributed by atoms with Crippen LogP contribution in [0.5, 0.6) is 0 Å². The molecule has 4 N–H and O–H groups in total. The first kappa shape index (κ1) is 18.6. The Labute approximate surface area is 176 Å². The van der Waals surface area contributed by atoms with E-state index in [0.717, 1.165) is 33.5 Å². The standard InChI is InChI=1S/C23H17FN6O/c24-16-4-1-3-14(9-16)23(31)28-18-6-2-5-17(10-18)27-19-7-8-20-21(11-19)29-30-22(20)15-12-25-26-13-15/h1-13,27H,(H,25,26)(H,28,31)(H,29,30). The summed E-state index contributed by atoms with van der Waals surface area (Å²) in [6.07, 6.45) is 3.52. The second kappa shape index (κ2) is 7.75. The van der Waals surface area contributed by atoms with E-state index in [1.54, 1.807) is 24.5 Å². The van der Waals surface area contributed by atoms with Crippen LogP contribution in [0.25, 0.3) is 22.2 Å². The molecule has 0 aliphatic rings. The third-order valence-electron chi connectivity index (χ3n) is 4.83. The highest BCUT2D eigenvalue weighted by Gasteiger charge is 2.10. The van der Waals surface area contributed by atoms with Gasteiger partial charge in [0.05, 0.1) is 11.7 Å². The molecule has 8 heteroatoms. The largest absolute Gasteiger partial charge is 0.355 e. The van der Waals surface area contributed by atoms with E-state index in [2.05, 4.69) is 31.0 Å². The van der Waals surface area contributed by atoms with Gasteiger partial charge in [-0.25, -0.2) is 4.39 Å². The van der Waals surface area contributed by atoms with Crippen molar-refractivity contribution in [2.24, 2.45) is 0 Å². The Kier molecular flexibility index (Phi) is 4.64. The molecule has 2 heterocycles. The highest BCUT2D eigenvalue weighted by molar-refractivity contribution is 6.04. The lowest BCUT2D eigenvalue weighted by Crippen LogP contribution is -2.12. The summed E-state index contributed by atoms with van der Waals surface area (Å²) in [7, 11) is 0. The number of rotatable bonds is 5. The van der Waals surface area contributed by atoms with Crippen LogP contribution in [0.4, 0.5) is 21.5 Å². The first-order valence-electron chi connectivity index (χ1n) is 9.57. The molecule has 5 aromatic rings. The SMILES string of the molecule is O=C(Nc1cccc(Nc2ccc3c(-c4cn[nH]c4)n[nH]c3c2)c1)c1cccc(F)c1. The molecule has 2 aromatic heterocycles. The number of halogens is 1. The highest BCUT2D eigenvalue weighted by Crippen LogP contribution is 2.29. The van der Waals surface area contributed by atoms with Gasteiger partial charge in [0.2, 0.25) is 0 Å². The fraction of sp³-hybridized carbons (Fsp3) is 0. The lowest BCUT2D eigenvalue weighted by atomic mass is 10.1. The zero-order chi connectivity index (χ0) is 21.2. The van der Waals surface area contributed by atoms with E-state index in [9.17, 15) is 9.18 Å². The summed E-state index contributed by atoms with van der Waals surface area (Å²) in [6.45, 7) is 0. The predicted molar refractivity (Wildman–Crippen MR) is 118 cm³/mol. The molecular weight excluding hydrogens is 395 g/mol. The van der Waals surface area contributed by atoms with Crippen molar-refractivity contribution in [3.63, 3.8) is 0 Å². The van der Waals surface area contributed by atoms with Crippen LogP contribution in [0.3, 0.4) is 0 Å². The van der Waals surface area contributed by atoms with E-state index in [1.165, 1.54) is 18.2 Å². The Morgan fingerprint density at radius 2 is 1.77 bits per heavy atom. The number of hydrogen-bond donors (Lipinski definition) is 4. The normalized spacial score (nSPS) is 10.9. The average molecular weight is 412 g/mol. The van der Waals surface area contributed by atoms with Crippen molar-refractivity contribution in [3.8, 4) is 11.3 Å². The van der Waals surface area contributed by atoms with E-state index in [-0.39, 0.29) is 11.5 Å². The Bertz CT molecular complexity index is 1380. The molecule has 0 unspecified atom stereocenters. The van der Waals surface area contributed by atoms with Gasteiger partial charge in [-0.1, -0.05) is 12.1 Å². The zero-order valence-corrected chi connectivity index (χ0v) is 16.2. The topological polar surface area (TPSA) is 98.5 Å². The van der Waals surface area contributed by atoms with Crippen LogP contribution >= 0.6 is 0 Å². The second-order valence-electron chi connectivity index (χ2n) is 6.99. The summed E-state index contributed by atoms with van der Waals surface area (Å²) in [5.74, 6) is -0.824. The number of benzene rings is 3. The molecule has 0 saturated heterocycles. The van der Waals surface area contributed by atoms with Gasteiger partial charge in [0, 0.05) is 39.8 Å². The fourth-order valence-corrected chi connectivity index (χ4v) is 3.37. The molecule has 0 spiro atoms. The first-order valence-corrected chi connectivity index (χ1v) is 9.57. The Morgan fingerprint density at radius 1 is 0.935 bits per heavy atom. The summed E-state index contributed by atoms with van der Waals surface area (Å²) in [6, 6.07) is 18.8. The van der Waals surface area contributed by atoms with Crippen LogP contribution in [-0.4, -0.2) is 26.3 Å². The van der Waals surface area contributed by atoms with Crippen molar-refractivity contribution >= 4 is 33.9 Å². The van der Waals surface area contributed by atoms with Crippen molar-refractivity contribution in [1.82, 2.24) is 20.4 Å². The average Bonchev–Trinajstić information content (AvgIpc) is 3.43. The summed E-state index contributed by atoms with van der Waals surface area (Å²) in [5.41, 5.74) is 5.15. The lowest BCUT2D eigenvalue weighted by molar-refractivity contribution is 0.102. The van der Waals surface area contributed by atoms with Crippen LogP contribution in [-0.2, 0) is 0 Å². The molecule has 5 rings (SSSR count). The molecule has 31 heavy (non-hydrogen) atoms. The zero-order valence-electron chi connectivity index (χ0n) is 16.2. The van der Waals surface area contributed by atoms with Crippen molar-refractivity contribution < 1.29 is 9.18 Å². The van der Waals surface area contributed by atoms with Crippen LogP contribution in [0, 0.1) is 5.82 Å². The summed E-state index contributed by atoms with van der Waals surface area (Å²) in [4.78, 5) is 12.4. The van der Waals surface area contributed by atoms with Gasteiger partial charge < -0.3 is 10.6 Å². The number of hydrogen-bond acceptors (Lipinski definition) is 4. The second-order valence-corrected chi connectivity index (χ2v) is 6.99. The molecule has 3 aromatic carbocycles. The number of carbonyl (C=O) groups is 1. The number of anilines is 3. The summed E-state index contributed by atoms with van der Waals surface area (Å²) in [5, 5.41) is 21.3. The number of amides is 1. The van der Waals surface area contributed by atoms with E-state index in [1.807, 2.05) is 36.4 Å².